The summed E-state index contributed by atoms with van der Waals surface area (Å²) in [4.78, 5) is 13.6. The zero-order valence-corrected chi connectivity index (χ0v) is 9.19. The molecule has 1 aliphatic rings. The third-order valence-corrected chi connectivity index (χ3v) is 2.80. The lowest BCUT2D eigenvalue weighted by molar-refractivity contribution is -0.134. The topological polar surface area (TPSA) is 55.6 Å². The van der Waals surface area contributed by atoms with E-state index in [-0.39, 0.29) is 23.9 Å². The Hall–Kier alpha value is -0.610. The number of carbonyl (C=O) groups is 1. The van der Waals surface area contributed by atoms with Crippen molar-refractivity contribution in [1.29, 1.82) is 0 Å². The maximum Gasteiger partial charge on any atom is 0.239 e. The minimum Gasteiger partial charge on any atom is -0.379 e. The van der Waals surface area contributed by atoms with Gasteiger partial charge in [0.1, 0.15) is 0 Å². The third kappa shape index (κ3) is 2.45. The average molecular weight is 200 g/mol. The fourth-order valence-corrected chi connectivity index (χ4v) is 1.53. The van der Waals surface area contributed by atoms with E-state index in [9.17, 15) is 4.79 Å². The van der Waals surface area contributed by atoms with Crippen LogP contribution in [0.4, 0.5) is 0 Å². The molecule has 4 nitrogen and oxygen atoms in total. The number of hydrogen-bond acceptors (Lipinski definition) is 3. The van der Waals surface area contributed by atoms with Gasteiger partial charge < -0.3 is 15.4 Å². The third-order valence-electron chi connectivity index (χ3n) is 2.80. The molecule has 0 aromatic carbocycles. The predicted molar refractivity (Wildman–Crippen MR) is 54.8 cm³/mol. The van der Waals surface area contributed by atoms with Gasteiger partial charge in [0.25, 0.3) is 0 Å². The van der Waals surface area contributed by atoms with Crippen LogP contribution in [0.15, 0.2) is 0 Å². The first-order valence-electron chi connectivity index (χ1n) is 5.14. The minimum atomic E-state index is -0.388. The summed E-state index contributed by atoms with van der Waals surface area (Å²) in [5.41, 5.74) is 5.80. The van der Waals surface area contributed by atoms with Gasteiger partial charge >= 0.3 is 0 Å². The van der Waals surface area contributed by atoms with Crippen LogP contribution in [0.25, 0.3) is 0 Å². The van der Waals surface area contributed by atoms with Crippen molar-refractivity contribution >= 4 is 5.91 Å². The molecule has 1 unspecified atom stereocenters. The van der Waals surface area contributed by atoms with Crippen LogP contribution in [-0.2, 0) is 9.53 Å². The molecule has 1 rings (SSSR count). The lowest BCUT2D eigenvalue weighted by Gasteiger charge is -2.27. The van der Waals surface area contributed by atoms with Gasteiger partial charge in [-0.05, 0) is 12.3 Å². The van der Waals surface area contributed by atoms with Crippen LogP contribution in [-0.4, -0.2) is 43.2 Å². The Balaban J connectivity index is 2.50. The molecule has 0 aromatic heterocycles. The second kappa shape index (κ2) is 4.75. The van der Waals surface area contributed by atoms with E-state index in [0.717, 1.165) is 13.0 Å². The standard InChI is InChI=1S/C10H20N2O2/c1-7(2)9(11)10(13)12(3)8-4-5-14-6-8/h7-9H,4-6,11H2,1-3H3/t8?,9-/m1/s1. The van der Waals surface area contributed by atoms with Crippen molar-refractivity contribution in [2.75, 3.05) is 20.3 Å². The van der Waals surface area contributed by atoms with E-state index in [1.54, 1.807) is 4.90 Å². The highest BCUT2D eigenvalue weighted by Crippen LogP contribution is 2.13. The Morgan fingerprint density at radius 1 is 1.57 bits per heavy atom. The molecule has 14 heavy (non-hydrogen) atoms. The number of carbonyl (C=O) groups excluding carboxylic acids is 1. The molecule has 0 aromatic rings. The lowest BCUT2D eigenvalue weighted by Crippen LogP contribution is -2.48. The Labute approximate surface area is 85.4 Å². The fraction of sp³-hybridized carbons (Fsp3) is 0.900. The first kappa shape index (κ1) is 11.5. The summed E-state index contributed by atoms with van der Waals surface area (Å²) in [6, 6.07) is -0.173. The van der Waals surface area contributed by atoms with Crippen LogP contribution in [0.1, 0.15) is 20.3 Å². The first-order chi connectivity index (χ1) is 6.54. The fourth-order valence-electron chi connectivity index (χ4n) is 1.53. The van der Waals surface area contributed by atoms with E-state index in [0.29, 0.717) is 6.61 Å². The molecule has 2 N–H and O–H groups in total. The number of likely N-dealkylation sites (N-methyl/N-ethyl adjacent to an activating group) is 1. The van der Waals surface area contributed by atoms with Crippen molar-refractivity contribution in [3.8, 4) is 0 Å². The van der Waals surface area contributed by atoms with Crippen molar-refractivity contribution in [2.45, 2.75) is 32.4 Å². The normalized spacial score (nSPS) is 23.9. The molecule has 0 radical (unpaired) electrons. The van der Waals surface area contributed by atoms with Crippen LogP contribution in [0.3, 0.4) is 0 Å². The van der Waals surface area contributed by atoms with Crippen LogP contribution in [0, 0.1) is 5.92 Å². The number of nitrogens with zero attached hydrogens (tertiary/aromatic N) is 1. The van der Waals surface area contributed by atoms with Gasteiger partial charge in [-0.3, -0.25) is 4.79 Å². The molecule has 1 saturated heterocycles. The Bertz CT molecular complexity index is 200. The molecule has 0 saturated carbocycles. The molecule has 2 atom stereocenters. The number of rotatable bonds is 3. The number of hydrogen-bond donors (Lipinski definition) is 1. The molecule has 0 spiro atoms. The van der Waals surface area contributed by atoms with Gasteiger partial charge in [0.2, 0.25) is 5.91 Å². The monoisotopic (exact) mass is 200 g/mol. The zero-order valence-electron chi connectivity index (χ0n) is 9.19. The average Bonchev–Trinajstić information content (AvgIpc) is 2.67. The van der Waals surface area contributed by atoms with E-state index in [4.69, 9.17) is 10.5 Å². The quantitative estimate of drug-likeness (QED) is 0.709. The summed E-state index contributed by atoms with van der Waals surface area (Å²) in [6.45, 7) is 5.31. The van der Waals surface area contributed by atoms with Gasteiger partial charge in [0.15, 0.2) is 0 Å². The molecule has 1 fully saturated rings. The van der Waals surface area contributed by atoms with Crippen LogP contribution in [0.5, 0.6) is 0 Å². The van der Waals surface area contributed by atoms with Gasteiger partial charge in [0.05, 0.1) is 18.7 Å². The predicted octanol–water partition coefficient (Wildman–Crippen LogP) is 0.217. The van der Waals surface area contributed by atoms with E-state index < -0.39 is 0 Å². The molecule has 1 heterocycles. The van der Waals surface area contributed by atoms with Crippen LogP contribution < -0.4 is 5.73 Å². The van der Waals surface area contributed by atoms with Gasteiger partial charge in [0, 0.05) is 13.7 Å². The number of nitrogens with two attached hydrogens (primary N) is 1. The van der Waals surface area contributed by atoms with Crippen LogP contribution >= 0.6 is 0 Å². The zero-order chi connectivity index (χ0) is 10.7. The van der Waals surface area contributed by atoms with E-state index >= 15 is 0 Å². The Morgan fingerprint density at radius 2 is 2.21 bits per heavy atom. The molecular weight excluding hydrogens is 180 g/mol. The minimum absolute atomic E-state index is 0.0236. The summed E-state index contributed by atoms with van der Waals surface area (Å²) in [5, 5.41) is 0. The smallest absolute Gasteiger partial charge is 0.239 e. The van der Waals surface area contributed by atoms with E-state index in [1.165, 1.54) is 0 Å². The van der Waals surface area contributed by atoms with Gasteiger partial charge in [-0.2, -0.15) is 0 Å². The lowest BCUT2D eigenvalue weighted by atomic mass is 10.0. The highest BCUT2D eigenvalue weighted by atomic mass is 16.5. The van der Waals surface area contributed by atoms with Gasteiger partial charge in [-0.1, -0.05) is 13.8 Å². The highest BCUT2D eigenvalue weighted by molar-refractivity contribution is 5.82. The maximum atomic E-state index is 11.8. The molecule has 82 valence electrons. The first-order valence-corrected chi connectivity index (χ1v) is 5.14. The SMILES string of the molecule is CC(C)[C@@H](N)C(=O)N(C)C1CCOC1. The van der Waals surface area contributed by atoms with Crippen molar-refractivity contribution in [1.82, 2.24) is 4.90 Å². The maximum absolute atomic E-state index is 11.8. The second-order valence-electron chi connectivity index (χ2n) is 4.24. The van der Waals surface area contributed by atoms with Gasteiger partial charge in [-0.25, -0.2) is 0 Å². The molecular formula is C10H20N2O2. The molecule has 4 heteroatoms. The summed E-state index contributed by atoms with van der Waals surface area (Å²) >= 11 is 0. The molecule has 0 bridgehead atoms. The van der Waals surface area contributed by atoms with Crippen molar-refractivity contribution < 1.29 is 9.53 Å². The molecule has 0 aliphatic carbocycles. The second-order valence-corrected chi connectivity index (χ2v) is 4.24. The Morgan fingerprint density at radius 3 is 2.64 bits per heavy atom. The van der Waals surface area contributed by atoms with Crippen molar-refractivity contribution in [3.63, 3.8) is 0 Å². The van der Waals surface area contributed by atoms with Crippen molar-refractivity contribution in [3.05, 3.63) is 0 Å². The largest absolute Gasteiger partial charge is 0.379 e. The highest BCUT2D eigenvalue weighted by Gasteiger charge is 2.28. The van der Waals surface area contributed by atoms with E-state index in [2.05, 4.69) is 0 Å². The number of ether oxygens (including phenoxy) is 1. The number of amides is 1. The van der Waals surface area contributed by atoms with Gasteiger partial charge in [-0.15, -0.1) is 0 Å². The van der Waals surface area contributed by atoms with Crippen LogP contribution in [0.2, 0.25) is 0 Å². The summed E-state index contributed by atoms with van der Waals surface area (Å²) in [7, 11) is 1.81. The molecule has 1 amide bonds. The summed E-state index contributed by atoms with van der Waals surface area (Å²) in [6.07, 6.45) is 0.924. The van der Waals surface area contributed by atoms with Crippen molar-refractivity contribution in [2.24, 2.45) is 11.7 Å². The summed E-state index contributed by atoms with van der Waals surface area (Å²) in [5.74, 6) is 0.211. The van der Waals surface area contributed by atoms with E-state index in [1.807, 2.05) is 20.9 Å². The Kier molecular flexibility index (Phi) is 3.89. The molecule has 1 aliphatic heterocycles. The summed E-state index contributed by atoms with van der Waals surface area (Å²) < 4.78 is 5.23.